The molecule has 0 unspecified atom stereocenters. The zero-order valence-corrected chi connectivity index (χ0v) is 24.1. The second kappa shape index (κ2) is 12.2. The summed E-state index contributed by atoms with van der Waals surface area (Å²) in [5.74, 6) is 0.111. The van der Waals surface area contributed by atoms with Crippen molar-refractivity contribution >= 4 is 23.0 Å². The normalized spacial score (nSPS) is 12.6. The van der Waals surface area contributed by atoms with Crippen molar-refractivity contribution in [2.24, 2.45) is 4.99 Å². The van der Waals surface area contributed by atoms with Crippen LogP contribution in [0.1, 0.15) is 112 Å². The van der Waals surface area contributed by atoms with Crippen molar-refractivity contribution in [3.05, 3.63) is 94.0 Å². The van der Waals surface area contributed by atoms with E-state index in [1.165, 1.54) is 12.1 Å². The summed E-state index contributed by atoms with van der Waals surface area (Å²) in [6.45, 7) is 16.5. The second-order valence-electron chi connectivity index (χ2n) is 11.2. The highest BCUT2D eigenvalue weighted by atomic mass is 19.4. The van der Waals surface area contributed by atoms with Crippen molar-refractivity contribution in [3.63, 3.8) is 0 Å². The van der Waals surface area contributed by atoms with Gasteiger partial charge in [-0.2, -0.15) is 13.2 Å². The van der Waals surface area contributed by atoms with Gasteiger partial charge < -0.3 is 5.32 Å². The van der Waals surface area contributed by atoms with Crippen molar-refractivity contribution in [3.8, 4) is 0 Å². The van der Waals surface area contributed by atoms with E-state index in [1.807, 2.05) is 36.4 Å². The Labute approximate surface area is 230 Å². The van der Waals surface area contributed by atoms with Gasteiger partial charge in [0.2, 0.25) is 0 Å². The first-order valence-corrected chi connectivity index (χ1v) is 13.6. The number of aliphatic imine (C=N–C) groups is 1. The summed E-state index contributed by atoms with van der Waals surface area (Å²) in [4.78, 5) is 19.0. The van der Waals surface area contributed by atoms with E-state index < -0.39 is 17.6 Å². The highest BCUT2D eigenvalue weighted by molar-refractivity contribution is 6.49. The highest BCUT2D eigenvalue weighted by Gasteiger charge is 2.31. The standard InChI is InChI=1S/C33H39F3N2O/c1-19(2)25-11-9-12-26(20(3)4)30(25)37-29(23-15-17-24(18-16-23)33(34,35)36)32(39)38-31-27(21(5)6)13-10-14-28(31)22(7)8/h9-22H,1-8H3,(H,38,39). The number of benzene rings is 3. The monoisotopic (exact) mass is 536 g/mol. The van der Waals surface area contributed by atoms with E-state index in [0.717, 1.165) is 40.1 Å². The molecule has 39 heavy (non-hydrogen) atoms. The Bertz CT molecular complexity index is 1280. The molecule has 0 aliphatic rings. The van der Waals surface area contributed by atoms with Gasteiger partial charge in [-0.3, -0.25) is 4.79 Å². The zero-order valence-electron chi connectivity index (χ0n) is 24.1. The third kappa shape index (κ3) is 6.97. The zero-order chi connectivity index (χ0) is 29.1. The van der Waals surface area contributed by atoms with Gasteiger partial charge in [0.15, 0.2) is 0 Å². The molecule has 0 aliphatic heterocycles. The van der Waals surface area contributed by atoms with Crippen molar-refractivity contribution < 1.29 is 18.0 Å². The molecule has 6 heteroatoms. The molecule has 1 N–H and O–H groups in total. The summed E-state index contributed by atoms with van der Waals surface area (Å²) in [5, 5.41) is 3.11. The molecule has 0 fully saturated rings. The van der Waals surface area contributed by atoms with Gasteiger partial charge in [-0.05, 0) is 58.1 Å². The second-order valence-corrected chi connectivity index (χ2v) is 11.2. The molecular formula is C33H39F3N2O. The largest absolute Gasteiger partial charge is 0.416 e. The van der Waals surface area contributed by atoms with E-state index in [0.29, 0.717) is 11.3 Å². The van der Waals surface area contributed by atoms with Gasteiger partial charge in [0, 0.05) is 11.3 Å². The average molecular weight is 537 g/mol. The van der Waals surface area contributed by atoms with E-state index >= 15 is 0 Å². The van der Waals surface area contributed by atoms with Crippen LogP contribution in [0, 0.1) is 0 Å². The molecule has 0 aromatic heterocycles. The molecule has 0 bridgehead atoms. The maximum Gasteiger partial charge on any atom is 0.416 e. The van der Waals surface area contributed by atoms with Crippen LogP contribution in [0.4, 0.5) is 24.5 Å². The molecule has 1 amide bonds. The van der Waals surface area contributed by atoms with Crippen molar-refractivity contribution in [1.82, 2.24) is 0 Å². The molecule has 3 nitrogen and oxygen atoms in total. The summed E-state index contributed by atoms with van der Waals surface area (Å²) in [6.07, 6.45) is -4.48. The van der Waals surface area contributed by atoms with Gasteiger partial charge in [-0.1, -0.05) is 104 Å². The van der Waals surface area contributed by atoms with Gasteiger partial charge in [0.1, 0.15) is 5.71 Å². The van der Waals surface area contributed by atoms with Crippen LogP contribution >= 0.6 is 0 Å². The summed E-state index contributed by atoms with van der Waals surface area (Å²) in [5.41, 5.74) is 4.98. The van der Waals surface area contributed by atoms with Crippen molar-refractivity contribution in [2.75, 3.05) is 5.32 Å². The lowest BCUT2D eigenvalue weighted by Crippen LogP contribution is -2.26. The average Bonchev–Trinajstić information content (AvgIpc) is 2.86. The van der Waals surface area contributed by atoms with Crippen molar-refractivity contribution in [1.29, 1.82) is 0 Å². The maximum absolute atomic E-state index is 14.0. The third-order valence-electron chi connectivity index (χ3n) is 6.88. The molecule has 0 saturated carbocycles. The first kappa shape index (κ1) is 30.1. The molecule has 0 radical (unpaired) electrons. The number of nitrogens with one attached hydrogen (secondary N) is 1. The third-order valence-corrected chi connectivity index (χ3v) is 6.88. The van der Waals surface area contributed by atoms with Crippen molar-refractivity contribution in [2.45, 2.75) is 85.2 Å². The number of amides is 1. The summed E-state index contributed by atoms with van der Waals surface area (Å²) in [7, 11) is 0. The minimum absolute atomic E-state index is 0.0759. The summed E-state index contributed by atoms with van der Waals surface area (Å²) >= 11 is 0. The number of anilines is 1. The Kier molecular flexibility index (Phi) is 9.42. The Morgan fingerprint density at radius 2 is 1.08 bits per heavy atom. The number of halogens is 3. The SMILES string of the molecule is CC(C)c1cccc(C(C)C)c1N=C(C(=O)Nc1c(C(C)C)cccc1C(C)C)c1ccc(C(F)(F)F)cc1. The van der Waals surface area contributed by atoms with Gasteiger partial charge in [0.25, 0.3) is 5.91 Å². The highest BCUT2D eigenvalue weighted by Crippen LogP contribution is 2.37. The number of para-hydroxylation sites is 2. The van der Waals surface area contributed by atoms with E-state index in [2.05, 4.69) is 60.7 Å². The lowest BCUT2D eigenvalue weighted by molar-refractivity contribution is -0.137. The minimum atomic E-state index is -4.48. The number of nitrogens with zero attached hydrogens (tertiary/aromatic N) is 1. The maximum atomic E-state index is 14.0. The quantitative estimate of drug-likeness (QED) is 0.286. The van der Waals surface area contributed by atoms with E-state index in [1.54, 1.807) is 0 Å². The number of carbonyl (C=O) groups excluding carboxylic acids is 1. The predicted octanol–water partition coefficient (Wildman–Crippen LogP) is 9.96. The van der Waals surface area contributed by atoms with E-state index in [9.17, 15) is 18.0 Å². The lowest BCUT2D eigenvalue weighted by atomic mass is 9.92. The van der Waals surface area contributed by atoms with Gasteiger partial charge in [-0.25, -0.2) is 4.99 Å². The topological polar surface area (TPSA) is 41.5 Å². The number of rotatable bonds is 8. The Hall–Kier alpha value is -3.41. The molecule has 0 heterocycles. The predicted molar refractivity (Wildman–Crippen MR) is 156 cm³/mol. The van der Waals surface area contributed by atoms with Crippen LogP contribution in [-0.2, 0) is 11.0 Å². The molecule has 3 aromatic carbocycles. The molecule has 0 aliphatic carbocycles. The molecule has 3 aromatic rings. The molecule has 208 valence electrons. The minimum Gasteiger partial charge on any atom is -0.320 e. The Balaban J connectivity index is 2.26. The first-order chi connectivity index (χ1) is 18.2. The molecule has 0 spiro atoms. The molecular weight excluding hydrogens is 497 g/mol. The summed E-state index contributed by atoms with van der Waals surface area (Å²) in [6, 6.07) is 16.6. The van der Waals surface area contributed by atoms with E-state index in [4.69, 9.17) is 4.99 Å². The van der Waals surface area contributed by atoms with Crippen LogP contribution in [0.5, 0.6) is 0 Å². The first-order valence-electron chi connectivity index (χ1n) is 13.6. The van der Waals surface area contributed by atoms with Crippen LogP contribution in [0.2, 0.25) is 0 Å². The smallest absolute Gasteiger partial charge is 0.320 e. The fraction of sp³-hybridized carbons (Fsp3) is 0.394. The Morgan fingerprint density at radius 3 is 1.46 bits per heavy atom. The number of hydrogen-bond acceptors (Lipinski definition) is 2. The molecule has 3 rings (SSSR count). The van der Waals surface area contributed by atoms with Crippen LogP contribution in [0.15, 0.2) is 65.7 Å². The number of alkyl halides is 3. The van der Waals surface area contributed by atoms with Crippen LogP contribution in [-0.4, -0.2) is 11.6 Å². The fourth-order valence-corrected chi connectivity index (χ4v) is 4.68. The molecule has 0 saturated heterocycles. The van der Waals surface area contributed by atoms with Gasteiger partial charge in [-0.15, -0.1) is 0 Å². The number of carbonyl (C=O) groups is 1. The number of hydrogen-bond donors (Lipinski definition) is 1. The Morgan fingerprint density at radius 1 is 0.667 bits per heavy atom. The molecule has 0 atom stereocenters. The van der Waals surface area contributed by atoms with E-state index in [-0.39, 0.29) is 29.4 Å². The van der Waals surface area contributed by atoms with Gasteiger partial charge >= 0.3 is 6.18 Å². The van der Waals surface area contributed by atoms with Crippen LogP contribution in [0.3, 0.4) is 0 Å². The van der Waals surface area contributed by atoms with Gasteiger partial charge in [0.05, 0.1) is 11.3 Å². The summed E-state index contributed by atoms with van der Waals surface area (Å²) < 4.78 is 40.0. The lowest BCUT2D eigenvalue weighted by Gasteiger charge is -2.21. The van der Waals surface area contributed by atoms with Crippen LogP contribution in [0.25, 0.3) is 0 Å². The fourth-order valence-electron chi connectivity index (χ4n) is 4.68. The van der Waals surface area contributed by atoms with Crippen LogP contribution < -0.4 is 5.32 Å².